The van der Waals surface area contributed by atoms with Crippen molar-refractivity contribution in [1.82, 2.24) is 30.1 Å². The van der Waals surface area contributed by atoms with Gasteiger partial charge in [0.1, 0.15) is 0 Å². The maximum Gasteiger partial charge on any atom is 0.322 e. The van der Waals surface area contributed by atoms with E-state index in [0.29, 0.717) is 17.8 Å². The third kappa shape index (κ3) is 12.5. The molecule has 0 saturated carbocycles. The summed E-state index contributed by atoms with van der Waals surface area (Å²) in [5, 5.41) is 5.70. The molecule has 0 N–H and O–H groups in total. The number of carbonyl (C=O) groups excluding carboxylic acids is 3. The van der Waals surface area contributed by atoms with E-state index in [1.54, 1.807) is 0 Å². The summed E-state index contributed by atoms with van der Waals surface area (Å²) in [4.78, 5) is 79.0. The van der Waals surface area contributed by atoms with E-state index in [1.165, 1.54) is 20.8 Å². The summed E-state index contributed by atoms with van der Waals surface area (Å²) >= 11 is 0. The van der Waals surface area contributed by atoms with Gasteiger partial charge in [-0.05, 0) is 141 Å². The number of hydrogen-bond acceptors (Lipinski definition) is 15. The van der Waals surface area contributed by atoms with Crippen molar-refractivity contribution in [3.05, 3.63) is 0 Å². The zero-order valence-corrected chi connectivity index (χ0v) is 42.8. The fourth-order valence-corrected chi connectivity index (χ4v) is 11.5. The molecule has 1 aromatic heterocycles. The first-order valence-corrected chi connectivity index (χ1v) is 24.0. The lowest BCUT2D eigenvalue weighted by atomic mass is 9.78. The molecule has 15 nitrogen and oxygen atoms in total. The van der Waals surface area contributed by atoms with E-state index < -0.39 is 33.2 Å². The van der Waals surface area contributed by atoms with Crippen LogP contribution in [0, 0.1) is 0 Å². The molecule has 0 spiro atoms. The first-order chi connectivity index (χ1) is 29.0. The summed E-state index contributed by atoms with van der Waals surface area (Å²) in [6.45, 7) is 39.2. The summed E-state index contributed by atoms with van der Waals surface area (Å²) in [5.74, 6) is 1.03. The Kier molecular flexibility index (Phi) is 16.7. The van der Waals surface area contributed by atoms with Crippen LogP contribution in [0.15, 0.2) is 0 Å². The highest BCUT2D eigenvalue weighted by Crippen LogP contribution is 2.45. The molecule has 15 heteroatoms. The molecule has 0 amide bonds. The van der Waals surface area contributed by atoms with E-state index in [9.17, 15) is 14.4 Å². The number of nitrogens with zero attached hydrogens (tertiary/aromatic N) is 9. The minimum atomic E-state index is -0.471. The van der Waals surface area contributed by atoms with Gasteiger partial charge >= 0.3 is 17.9 Å². The van der Waals surface area contributed by atoms with Crippen LogP contribution in [0.5, 0.6) is 0 Å². The van der Waals surface area contributed by atoms with Crippen LogP contribution in [-0.4, -0.2) is 119 Å². The molecule has 4 rings (SSSR count). The van der Waals surface area contributed by atoms with E-state index in [1.807, 2.05) is 15.2 Å². The summed E-state index contributed by atoms with van der Waals surface area (Å²) in [5.41, 5.74) is -2.82. The number of anilines is 3. The lowest BCUT2D eigenvalue weighted by molar-refractivity contribution is -0.266. The van der Waals surface area contributed by atoms with Crippen molar-refractivity contribution in [2.75, 3.05) is 34.3 Å². The Labute approximate surface area is 381 Å². The molecule has 0 aliphatic carbocycles. The van der Waals surface area contributed by atoms with E-state index in [2.05, 4.69) is 119 Å². The van der Waals surface area contributed by atoms with Crippen LogP contribution in [0.2, 0.25) is 0 Å². The predicted octanol–water partition coefficient (Wildman–Crippen LogP) is 9.19. The molecule has 3 saturated heterocycles. The Balaban J connectivity index is 1.99. The minimum Gasteiger partial charge on any atom is -0.367 e. The number of unbranched alkanes of at least 4 members (excludes halogenated alkanes) is 3. The van der Waals surface area contributed by atoms with Gasteiger partial charge in [-0.15, -0.1) is 15.2 Å². The minimum absolute atomic E-state index is 0.0410. The Morgan fingerprint density at radius 3 is 0.794 bits per heavy atom. The van der Waals surface area contributed by atoms with Crippen LogP contribution < -0.4 is 14.7 Å². The van der Waals surface area contributed by atoms with Gasteiger partial charge < -0.3 is 29.2 Å². The molecule has 0 unspecified atom stereocenters. The number of piperidine rings is 3. The highest BCUT2D eigenvalue weighted by molar-refractivity contribution is 5.66. The fourth-order valence-electron chi connectivity index (χ4n) is 11.5. The van der Waals surface area contributed by atoms with E-state index in [-0.39, 0.29) is 36.0 Å². The standard InChI is InChI=1S/C48H87N9O6/c1-19-22-25-52(37-28-43(7,8)55(61-34(4)58)44(9,10)29-37)40-49-41(53(26-23-20-2)38-30-45(11,12)56(62-35(5)59)46(13,14)31-38)51-42(50-40)54(27-24-21-3)39-32-47(15,16)57(63-36(6)60)48(17,18)33-39/h37-39H,19-33H2,1-18H3. The smallest absolute Gasteiger partial charge is 0.322 e. The van der Waals surface area contributed by atoms with Crippen molar-refractivity contribution in [2.24, 2.45) is 0 Å². The number of aromatic nitrogens is 3. The first kappa shape index (κ1) is 52.3. The molecule has 3 aliphatic rings. The molecule has 1 aromatic rings. The molecule has 0 aromatic carbocycles. The number of carbonyl (C=O) groups is 3. The zero-order valence-electron chi connectivity index (χ0n) is 42.8. The second-order valence-corrected chi connectivity index (χ2v) is 22.6. The number of hydrogen-bond donors (Lipinski definition) is 0. The maximum absolute atomic E-state index is 12.4. The SMILES string of the molecule is CCCCN(c1nc(N(CCCC)C2CC(C)(C)N(OC(C)=O)C(C)(C)C2)nc(N(CCCC)C2CC(C)(C)N(OC(C)=O)C(C)(C)C2)n1)C1CC(C)(C)N(OC(C)=O)C(C)(C)C1. The summed E-state index contributed by atoms with van der Waals surface area (Å²) < 4.78 is 0. The second kappa shape index (κ2) is 20.1. The largest absolute Gasteiger partial charge is 0.367 e. The lowest BCUT2D eigenvalue weighted by Gasteiger charge is -2.55. The van der Waals surface area contributed by atoms with Crippen LogP contribution in [0.4, 0.5) is 17.8 Å². The van der Waals surface area contributed by atoms with Crippen molar-refractivity contribution >= 4 is 35.8 Å². The predicted molar refractivity (Wildman–Crippen MR) is 251 cm³/mol. The monoisotopic (exact) mass is 886 g/mol. The number of rotatable bonds is 18. The van der Waals surface area contributed by atoms with Gasteiger partial charge in [0.15, 0.2) is 0 Å². The lowest BCUT2D eigenvalue weighted by Crippen LogP contribution is -2.65. The van der Waals surface area contributed by atoms with Gasteiger partial charge in [-0.2, -0.15) is 15.0 Å². The molecule has 63 heavy (non-hydrogen) atoms. The van der Waals surface area contributed by atoms with Crippen molar-refractivity contribution in [3.8, 4) is 0 Å². The molecule has 0 bridgehead atoms. The van der Waals surface area contributed by atoms with Crippen molar-refractivity contribution < 1.29 is 28.9 Å². The maximum atomic E-state index is 12.4. The van der Waals surface area contributed by atoms with Crippen molar-refractivity contribution in [3.63, 3.8) is 0 Å². The highest BCUT2D eigenvalue weighted by atomic mass is 16.7. The normalized spacial score (nSPS) is 22.6. The molecule has 3 aliphatic heterocycles. The van der Waals surface area contributed by atoms with Gasteiger partial charge in [-0.1, -0.05) is 40.0 Å². The second-order valence-electron chi connectivity index (χ2n) is 22.6. The van der Waals surface area contributed by atoms with E-state index >= 15 is 0 Å². The van der Waals surface area contributed by atoms with Crippen LogP contribution in [0.3, 0.4) is 0 Å². The van der Waals surface area contributed by atoms with Crippen molar-refractivity contribution in [2.45, 2.75) is 253 Å². The summed E-state index contributed by atoms with van der Waals surface area (Å²) in [6.07, 6.45) is 10.3. The van der Waals surface area contributed by atoms with Gasteiger partial charge in [0.25, 0.3) is 0 Å². The van der Waals surface area contributed by atoms with Crippen LogP contribution in [-0.2, 0) is 28.9 Å². The van der Waals surface area contributed by atoms with Gasteiger partial charge in [-0.3, -0.25) is 14.4 Å². The summed E-state index contributed by atoms with van der Waals surface area (Å²) in [7, 11) is 0. The van der Waals surface area contributed by atoms with Gasteiger partial charge in [0.2, 0.25) is 17.8 Å². The molecule has 4 heterocycles. The average Bonchev–Trinajstić information content (AvgIpc) is 3.12. The molecule has 0 radical (unpaired) electrons. The van der Waals surface area contributed by atoms with E-state index in [0.717, 1.165) is 96.7 Å². The topological polar surface area (TPSA) is 137 Å². The van der Waals surface area contributed by atoms with Gasteiger partial charge in [-0.25, -0.2) is 0 Å². The molecular weight excluding hydrogens is 799 g/mol. The first-order valence-electron chi connectivity index (χ1n) is 24.0. The van der Waals surface area contributed by atoms with Crippen LogP contribution in [0.1, 0.15) is 202 Å². The Morgan fingerprint density at radius 2 is 0.635 bits per heavy atom. The average molecular weight is 886 g/mol. The quantitative estimate of drug-likeness (QED) is 0.138. The molecule has 3 fully saturated rings. The van der Waals surface area contributed by atoms with Crippen LogP contribution >= 0.6 is 0 Å². The van der Waals surface area contributed by atoms with Gasteiger partial charge in [0, 0.05) is 58.5 Å². The number of hydroxylamine groups is 6. The van der Waals surface area contributed by atoms with Gasteiger partial charge in [0.05, 0.1) is 33.2 Å². The third-order valence-corrected chi connectivity index (χ3v) is 13.3. The van der Waals surface area contributed by atoms with Crippen molar-refractivity contribution in [1.29, 1.82) is 0 Å². The zero-order chi connectivity index (χ0) is 47.5. The molecule has 360 valence electrons. The van der Waals surface area contributed by atoms with E-state index in [4.69, 9.17) is 29.5 Å². The summed E-state index contributed by atoms with van der Waals surface area (Å²) in [6, 6.07) is 0.123. The third-order valence-electron chi connectivity index (χ3n) is 13.3. The Bertz CT molecular complexity index is 1470. The Morgan fingerprint density at radius 1 is 0.444 bits per heavy atom. The fraction of sp³-hybridized carbons (Fsp3) is 0.875. The molecular formula is C48H87N9O6. The van der Waals surface area contributed by atoms with Crippen LogP contribution in [0.25, 0.3) is 0 Å². The Hall–Kier alpha value is -3.30. The highest BCUT2D eigenvalue weighted by Gasteiger charge is 2.53. The molecule has 0 atom stereocenters.